The van der Waals surface area contributed by atoms with Crippen LogP contribution in [0.3, 0.4) is 0 Å². The lowest BCUT2D eigenvalue weighted by Crippen LogP contribution is -2.29. The molecule has 2 aliphatic rings. The topological polar surface area (TPSA) is 3.24 Å². The van der Waals surface area contributed by atoms with Crippen LogP contribution < -0.4 is 0 Å². The summed E-state index contributed by atoms with van der Waals surface area (Å²) in [5.74, 6) is 0. The molecule has 1 saturated heterocycles. The van der Waals surface area contributed by atoms with Gasteiger partial charge in [0, 0.05) is 11.4 Å². The zero-order valence-electron chi connectivity index (χ0n) is 7.57. The lowest BCUT2D eigenvalue weighted by molar-refractivity contribution is 0.300. The van der Waals surface area contributed by atoms with Crippen molar-refractivity contribution < 1.29 is 0 Å². The first kappa shape index (κ1) is 7.89. The Kier molecular flexibility index (Phi) is 1.84. The van der Waals surface area contributed by atoms with Gasteiger partial charge in [-0.3, -0.25) is 4.90 Å². The first-order valence-corrected chi connectivity index (χ1v) is 5.80. The largest absolute Gasteiger partial charge is 0.287 e. The lowest BCUT2D eigenvalue weighted by atomic mass is 10.2. The normalized spacial score (nSPS) is 26.9. The summed E-state index contributed by atoms with van der Waals surface area (Å²) >= 11 is 2.05. The molecular formula is C11H13NS. The number of fused-ring (bicyclic) bond motifs is 2. The van der Waals surface area contributed by atoms with E-state index in [1.165, 1.54) is 36.4 Å². The van der Waals surface area contributed by atoms with Crippen LogP contribution in [-0.2, 0) is 6.54 Å². The van der Waals surface area contributed by atoms with Crippen molar-refractivity contribution in [2.24, 2.45) is 0 Å². The van der Waals surface area contributed by atoms with Gasteiger partial charge < -0.3 is 0 Å². The molecule has 1 aromatic rings. The molecule has 68 valence electrons. The third kappa shape index (κ3) is 1.29. The molecule has 3 rings (SSSR count). The number of thioether (sulfide) groups is 1. The van der Waals surface area contributed by atoms with E-state index in [0.29, 0.717) is 0 Å². The van der Waals surface area contributed by atoms with Crippen molar-refractivity contribution in [3.05, 3.63) is 29.8 Å². The van der Waals surface area contributed by atoms with Crippen LogP contribution in [0.2, 0.25) is 0 Å². The van der Waals surface area contributed by atoms with E-state index in [0.717, 1.165) is 5.37 Å². The Bertz CT molecular complexity index is 293. The van der Waals surface area contributed by atoms with Gasteiger partial charge in [-0.2, -0.15) is 0 Å². The quantitative estimate of drug-likeness (QED) is 0.620. The molecule has 1 unspecified atom stereocenters. The van der Waals surface area contributed by atoms with Crippen molar-refractivity contribution in [2.45, 2.75) is 29.7 Å². The Hall–Kier alpha value is -0.470. The van der Waals surface area contributed by atoms with E-state index in [1.54, 1.807) is 0 Å². The highest BCUT2D eigenvalue weighted by atomic mass is 32.2. The van der Waals surface area contributed by atoms with Crippen LogP contribution >= 0.6 is 11.8 Å². The second-order valence-electron chi connectivity index (χ2n) is 3.79. The highest BCUT2D eigenvalue weighted by Gasteiger charge is 2.29. The van der Waals surface area contributed by atoms with Gasteiger partial charge in [0.15, 0.2) is 0 Å². The molecule has 0 spiro atoms. The number of benzene rings is 1. The molecule has 0 aromatic heterocycles. The molecule has 0 amide bonds. The van der Waals surface area contributed by atoms with E-state index >= 15 is 0 Å². The van der Waals surface area contributed by atoms with E-state index in [2.05, 4.69) is 40.9 Å². The van der Waals surface area contributed by atoms with Gasteiger partial charge in [-0.25, -0.2) is 0 Å². The standard InChI is InChI=1S/C11H13NS/c1-2-5-10-9(4-1)8-12-7-3-6-11(12)13-10/h1-2,4-5,11H,3,6-8H2. The molecule has 2 aliphatic heterocycles. The van der Waals surface area contributed by atoms with E-state index in [-0.39, 0.29) is 0 Å². The molecule has 0 aliphatic carbocycles. The fraction of sp³-hybridized carbons (Fsp3) is 0.455. The van der Waals surface area contributed by atoms with Crippen LogP contribution in [0, 0.1) is 0 Å². The number of rotatable bonds is 0. The SMILES string of the molecule is c1ccc2c(c1)CN1CCCC1S2. The summed E-state index contributed by atoms with van der Waals surface area (Å²) in [6, 6.07) is 8.82. The maximum absolute atomic E-state index is 2.60. The van der Waals surface area contributed by atoms with Crippen molar-refractivity contribution in [3.8, 4) is 0 Å². The third-order valence-electron chi connectivity index (χ3n) is 2.91. The molecule has 0 radical (unpaired) electrons. The second-order valence-corrected chi connectivity index (χ2v) is 5.01. The van der Waals surface area contributed by atoms with Gasteiger partial charge in [-0.1, -0.05) is 18.2 Å². The number of hydrogen-bond acceptors (Lipinski definition) is 2. The van der Waals surface area contributed by atoms with E-state index in [9.17, 15) is 0 Å². The van der Waals surface area contributed by atoms with Crippen LogP contribution in [0.5, 0.6) is 0 Å². The Morgan fingerprint density at radius 3 is 3.23 bits per heavy atom. The Balaban J connectivity index is 1.97. The van der Waals surface area contributed by atoms with Crippen molar-refractivity contribution in [2.75, 3.05) is 6.54 Å². The predicted molar refractivity (Wildman–Crippen MR) is 55.7 cm³/mol. The minimum atomic E-state index is 0.773. The summed E-state index contributed by atoms with van der Waals surface area (Å²) in [5.41, 5.74) is 1.52. The molecule has 1 aromatic carbocycles. The van der Waals surface area contributed by atoms with Crippen LogP contribution in [0.25, 0.3) is 0 Å². The molecule has 2 heterocycles. The van der Waals surface area contributed by atoms with Crippen LogP contribution in [0.15, 0.2) is 29.2 Å². The fourth-order valence-corrected chi connectivity index (χ4v) is 3.57. The predicted octanol–water partition coefficient (Wildman–Crippen LogP) is 2.71. The monoisotopic (exact) mass is 191 g/mol. The zero-order valence-corrected chi connectivity index (χ0v) is 8.39. The summed E-state index contributed by atoms with van der Waals surface area (Å²) in [6.45, 7) is 2.47. The summed E-state index contributed by atoms with van der Waals surface area (Å²) in [5, 5.41) is 0.773. The molecule has 0 bridgehead atoms. The van der Waals surface area contributed by atoms with Crippen LogP contribution in [0.4, 0.5) is 0 Å². The van der Waals surface area contributed by atoms with Crippen LogP contribution in [-0.4, -0.2) is 16.8 Å². The first-order valence-electron chi connectivity index (χ1n) is 4.92. The Morgan fingerprint density at radius 1 is 1.31 bits per heavy atom. The summed E-state index contributed by atoms with van der Waals surface area (Å²) in [7, 11) is 0. The van der Waals surface area contributed by atoms with E-state index in [1.807, 2.05) is 0 Å². The minimum Gasteiger partial charge on any atom is -0.287 e. The second kappa shape index (κ2) is 3.03. The van der Waals surface area contributed by atoms with E-state index in [4.69, 9.17) is 0 Å². The van der Waals surface area contributed by atoms with Gasteiger partial charge >= 0.3 is 0 Å². The maximum Gasteiger partial charge on any atom is 0.0608 e. The Labute approximate surface area is 83.1 Å². The molecule has 0 saturated carbocycles. The molecule has 1 atom stereocenters. The first-order chi connectivity index (χ1) is 6.43. The smallest absolute Gasteiger partial charge is 0.0608 e. The van der Waals surface area contributed by atoms with Gasteiger partial charge in [-0.05, 0) is 31.0 Å². The van der Waals surface area contributed by atoms with Crippen molar-refractivity contribution >= 4 is 11.8 Å². The summed E-state index contributed by atoms with van der Waals surface area (Å²) in [6.07, 6.45) is 2.75. The molecule has 2 heteroatoms. The zero-order chi connectivity index (χ0) is 8.67. The maximum atomic E-state index is 2.60. The van der Waals surface area contributed by atoms with Gasteiger partial charge in [0.2, 0.25) is 0 Å². The lowest BCUT2D eigenvalue weighted by Gasteiger charge is -2.30. The minimum absolute atomic E-state index is 0.773. The van der Waals surface area contributed by atoms with Gasteiger partial charge in [0.1, 0.15) is 0 Å². The number of hydrogen-bond donors (Lipinski definition) is 0. The average molecular weight is 191 g/mol. The highest BCUT2D eigenvalue weighted by Crippen LogP contribution is 2.40. The number of nitrogens with zero attached hydrogens (tertiary/aromatic N) is 1. The van der Waals surface area contributed by atoms with Crippen molar-refractivity contribution in [3.63, 3.8) is 0 Å². The molecule has 1 fully saturated rings. The van der Waals surface area contributed by atoms with Crippen LogP contribution in [0.1, 0.15) is 18.4 Å². The molecule has 13 heavy (non-hydrogen) atoms. The van der Waals surface area contributed by atoms with Gasteiger partial charge in [0.05, 0.1) is 5.37 Å². The third-order valence-corrected chi connectivity index (χ3v) is 4.37. The van der Waals surface area contributed by atoms with Crippen molar-refractivity contribution in [1.82, 2.24) is 4.90 Å². The van der Waals surface area contributed by atoms with E-state index < -0.39 is 0 Å². The highest BCUT2D eigenvalue weighted by molar-refractivity contribution is 8.00. The fourth-order valence-electron chi connectivity index (χ4n) is 2.22. The summed E-state index contributed by atoms with van der Waals surface area (Å²) in [4.78, 5) is 4.11. The average Bonchev–Trinajstić information content (AvgIpc) is 2.61. The van der Waals surface area contributed by atoms with Gasteiger partial charge in [-0.15, -0.1) is 11.8 Å². The molecule has 0 N–H and O–H groups in total. The molecule has 1 nitrogen and oxygen atoms in total. The Morgan fingerprint density at radius 2 is 2.23 bits per heavy atom. The van der Waals surface area contributed by atoms with Gasteiger partial charge in [0.25, 0.3) is 0 Å². The summed E-state index contributed by atoms with van der Waals surface area (Å²) < 4.78 is 0. The molecular weight excluding hydrogens is 178 g/mol. The van der Waals surface area contributed by atoms with Crippen molar-refractivity contribution in [1.29, 1.82) is 0 Å².